The van der Waals surface area contributed by atoms with Crippen molar-refractivity contribution in [2.24, 2.45) is 0 Å². The lowest BCUT2D eigenvalue weighted by molar-refractivity contribution is 0.672. The number of nitrogens with zero attached hydrogens (tertiary/aromatic N) is 1. The number of halogens is 1. The average Bonchev–Trinajstić information content (AvgIpc) is 3.18. The van der Waals surface area contributed by atoms with E-state index in [4.69, 9.17) is 16.0 Å². The Labute approximate surface area is 184 Å². The van der Waals surface area contributed by atoms with Gasteiger partial charge in [-0.05, 0) is 42.5 Å². The average molecular weight is 420 g/mol. The maximum atomic E-state index is 6.29. The van der Waals surface area contributed by atoms with E-state index in [1.165, 1.54) is 0 Å². The largest absolute Gasteiger partial charge is 0.455 e. The molecule has 0 N–H and O–H groups in total. The molecular weight excluding hydrogens is 402 g/mol. The lowest BCUT2D eigenvalue weighted by Crippen LogP contribution is -2.10. The van der Waals surface area contributed by atoms with E-state index in [0.29, 0.717) is 5.02 Å². The van der Waals surface area contributed by atoms with Crippen molar-refractivity contribution in [1.29, 1.82) is 0 Å². The topological polar surface area (TPSA) is 16.4 Å². The molecule has 0 bridgehead atoms. The zero-order valence-corrected chi connectivity index (χ0v) is 17.4. The van der Waals surface area contributed by atoms with Crippen molar-refractivity contribution < 1.29 is 4.42 Å². The van der Waals surface area contributed by atoms with Crippen LogP contribution in [0.5, 0.6) is 0 Å². The van der Waals surface area contributed by atoms with E-state index in [-0.39, 0.29) is 0 Å². The van der Waals surface area contributed by atoms with Crippen LogP contribution in [-0.4, -0.2) is 0 Å². The Morgan fingerprint density at radius 2 is 1.16 bits per heavy atom. The summed E-state index contributed by atoms with van der Waals surface area (Å²) in [6.07, 6.45) is 0. The molecule has 6 aromatic rings. The summed E-state index contributed by atoms with van der Waals surface area (Å²) in [6.45, 7) is 0. The van der Waals surface area contributed by atoms with Crippen molar-refractivity contribution in [1.82, 2.24) is 0 Å². The second-order valence-electron chi connectivity index (χ2n) is 7.57. The van der Waals surface area contributed by atoms with Gasteiger partial charge in [0.05, 0.1) is 5.69 Å². The molecule has 0 unspecified atom stereocenters. The first-order valence-electron chi connectivity index (χ1n) is 10.2. The lowest BCUT2D eigenvalue weighted by atomic mass is 10.0. The normalized spacial score (nSPS) is 11.4. The van der Waals surface area contributed by atoms with E-state index < -0.39 is 0 Å². The number of rotatable bonds is 3. The first-order chi connectivity index (χ1) is 15.3. The Balaban J connectivity index is 1.75. The Hall–Kier alpha value is -3.75. The molecule has 0 fully saturated rings. The van der Waals surface area contributed by atoms with Gasteiger partial charge in [0.25, 0.3) is 0 Å². The zero-order valence-electron chi connectivity index (χ0n) is 16.6. The number of para-hydroxylation sites is 2. The predicted octanol–water partition coefficient (Wildman–Crippen LogP) is 8.86. The summed E-state index contributed by atoms with van der Waals surface area (Å²) in [7, 11) is 0. The number of hydrogen-bond acceptors (Lipinski definition) is 2. The molecule has 0 aliphatic rings. The van der Waals surface area contributed by atoms with E-state index in [1.54, 1.807) is 0 Å². The van der Waals surface area contributed by atoms with Crippen molar-refractivity contribution in [2.75, 3.05) is 4.90 Å². The number of benzene rings is 5. The third-order valence-corrected chi connectivity index (χ3v) is 5.92. The minimum Gasteiger partial charge on any atom is -0.455 e. The molecule has 0 aliphatic carbocycles. The molecule has 0 atom stereocenters. The van der Waals surface area contributed by atoms with Crippen LogP contribution in [-0.2, 0) is 0 Å². The third-order valence-electron chi connectivity index (χ3n) is 5.69. The summed E-state index contributed by atoms with van der Waals surface area (Å²) in [5.41, 5.74) is 5.01. The molecule has 31 heavy (non-hydrogen) atoms. The highest BCUT2D eigenvalue weighted by Crippen LogP contribution is 2.44. The van der Waals surface area contributed by atoms with E-state index in [0.717, 1.165) is 49.8 Å². The Morgan fingerprint density at radius 1 is 0.548 bits per heavy atom. The molecule has 3 heteroatoms. The summed E-state index contributed by atoms with van der Waals surface area (Å²) in [6, 6.07) is 37.4. The lowest BCUT2D eigenvalue weighted by Gasteiger charge is -2.27. The molecule has 0 spiro atoms. The SMILES string of the molecule is Clc1ccc2c(c1)oc1c3ccccc3c(N(c3ccccc3)c3ccccc3)cc21. The van der Waals surface area contributed by atoms with Gasteiger partial charge in [-0.15, -0.1) is 0 Å². The smallest absolute Gasteiger partial charge is 0.143 e. The van der Waals surface area contributed by atoms with Crippen LogP contribution in [0.1, 0.15) is 0 Å². The fourth-order valence-electron chi connectivity index (χ4n) is 4.32. The van der Waals surface area contributed by atoms with Gasteiger partial charge in [-0.3, -0.25) is 0 Å². The van der Waals surface area contributed by atoms with Gasteiger partial charge in [-0.1, -0.05) is 72.3 Å². The summed E-state index contributed by atoms with van der Waals surface area (Å²) in [5.74, 6) is 0. The van der Waals surface area contributed by atoms with Gasteiger partial charge >= 0.3 is 0 Å². The number of furan rings is 1. The molecule has 6 rings (SSSR count). The van der Waals surface area contributed by atoms with Crippen molar-refractivity contribution in [3.63, 3.8) is 0 Å². The summed E-state index contributed by atoms with van der Waals surface area (Å²) >= 11 is 6.24. The fraction of sp³-hybridized carbons (Fsp3) is 0. The summed E-state index contributed by atoms with van der Waals surface area (Å²) < 4.78 is 6.29. The standard InChI is InChI=1S/C28H18ClNO/c29-19-15-16-23-25-18-26(22-13-7-8-14-24(22)28(25)31-27(23)17-19)30(20-9-3-1-4-10-20)21-11-5-2-6-12-21/h1-18H. The monoisotopic (exact) mass is 419 g/mol. The van der Waals surface area contributed by atoms with Crippen LogP contribution in [0.25, 0.3) is 32.7 Å². The van der Waals surface area contributed by atoms with Crippen LogP contribution in [0.15, 0.2) is 114 Å². The molecule has 0 radical (unpaired) electrons. The molecule has 0 saturated heterocycles. The zero-order chi connectivity index (χ0) is 20.8. The highest BCUT2D eigenvalue weighted by atomic mass is 35.5. The molecule has 148 valence electrons. The Bertz CT molecular complexity index is 1500. The number of hydrogen-bond donors (Lipinski definition) is 0. The van der Waals surface area contributed by atoms with Crippen molar-refractivity contribution in [3.05, 3.63) is 114 Å². The van der Waals surface area contributed by atoms with Gasteiger partial charge in [0.2, 0.25) is 0 Å². The van der Waals surface area contributed by atoms with Gasteiger partial charge in [0, 0.05) is 44.0 Å². The quantitative estimate of drug-likeness (QED) is 0.284. The van der Waals surface area contributed by atoms with Gasteiger partial charge in [0.1, 0.15) is 11.2 Å². The van der Waals surface area contributed by atoms with Crippen molar-refractivity contribution in [3.8, 4) is 0 Å². The van der Waals surface area contributed by atoms with E-state index >= 15 is 0 Å². The van der Waals surface area contributed by atoms with Gasteiger partial charge in [0.15, 0.2) is 0 Å². The predicted molar refractivity (Wildman–Crippen MR) is 131 cm³/mol. The van der Waals surface area contributed by atoms with Gasteiger partial charge < -0.3 is 9.32 Å². The molecule has 0 amide bonds. The molecule has 1 heterocycles. The maximum absolute atomic E-state index is 6.29. The first kappa shape index (κ1) is 18.1. The van der Waals surface area contributed by atoms with Crippen LogP contribution >= 0.6 is 11.6 Å². The van der Waals surface area contributed by atoms with E-state index in [1.807, 2.05) is 30.3 Å². The Morgan fingerprint density at radius 3 is 1.84 bits per heavy atom. The number of fused-ring (bicyclic) bond motifs is 5. The van der Waals surface area contributed by atoms with Crippen molar-refractivity contribution >= 4 is 61.4 Å². The minimum atomic E-state index is 0.672. The molecule has 1 aromatic heterocycles. The third kappa shape index (κ3) is 2.96. The van der Waals surface area contributed by atoms with E-state index in [2.05, 4.69) is 83.8 Å². The first-order valence-corrected chi connectivity index (χ1v) is 10.6. The highest BCUT2D eigenvalue weighted by molar-refractivity contribution is 6.31. The summed E-state index contributed by atoms with van der Waals surface area (Å²) in [4.78, 5) is 2.30. The molecule has 2 nitrogen and oxygen atoms in total. The molecule has 0 saturated carbocycles. The minimum absolute atomic E-state index is 0.672. The maximum Gasteiger partial charge on any atom is 0.143 e. The van der Waals surface area contributed by atoms with Crippen LogP contribution in [0.2, 0.25) is 5.02 Å². The van der Waals surface area contributed by atoms with Crippen LogP contribution in [0.4, 0.5) is 17.1 Å². The van der Waals surface area contributed by atoms with Crippen LogP contribution in [0.3, 0.4) is 0 Å². The van der Waals surface area contributed by atoms with Gasteiger partial charge in [-0.25, -0.2) is 0 Å². The summed E-state index contributed by atoms with van der Waals surface area (Å²) in [5, 5.41) is 5.03. The second kappa shape index (κ2) is 7.19. The van der Waals surface area contributed by atoms with E-state index in [9.17, 15) is 0 Å². The molecule has 5 aromatic carbocycles. The molecule has 0 aliphatic heterocycles. The van der Waals surface area contributed by atoms with Crippen LogP contribution < -0.4 is 4.90 Å². The number of anilines is 3. The van der Waals surface area contributed by atoms with Crippen molar-refractivity contribution in [2.45, 2.75) is 0 Å². The van der Waals surface area contributed by atoms with Crippen LogP contribution in [0, 0.1) is 0 Å². The fourth-order valence-corrected chi connectivity index (χ4v) is 4.48. The highest BCUT2D eigenvalue weighted by Gasteiger charge is 2.19. The molecular formula is C28H18ClNO. The Kier molecular flexibility index (Phi) is 4.19. The van der Waals surface area contributed by atoms with Gasteiger partial charge in [-0.2, -0.15) is 0 Å². The second-order valence-corrected chi connectivity index (χ2v) is 8.00.